The molecule has 1 fully saturated rings. The van der Waals surface area contributed by atoms with Gasteiger partial charge in [-0.25, -0.2) is 4.98 Å². The number of fused-ring (bicyclic) bond motifs is 1. The van der Waals surface area contributed by atoms with Crippen LogP contribution in [0.4, 0.5) is 0 Å². The lowest BCUT2D eigenvalue weighted by molar-refractivity contribution is 0.378. The molecule has 1 aromatic carbocycles. The van der Waals surface area contributed by atoms with Crippen LogP contribution in [0.3, 0.4) is 0 Å². The number of nitrogens with one attached hydrogen (secondary N) is 1. The molecule has 3 heteroatoms. The minimum absolute atomic E-state index is 0.566. The molecule has 1 atom stereocenters. The van der Waals surface area contributed by atoms with Crippen molar-refractivity contribution >= 4 is 11.0 Å². The first kappa shape index (κ1) is 10.8. The van der Waals surface area contributed by atoms with Gasteiger partial charge in [0.05, 0.1) is 17.4 Å². The first-order chi connectivity index (χ1) is 8.25. The van der Waals surface area contributed by atoms with Gasteiger partial charge in [-0.1, -0.05) is 0 Å². The van der Waals surface area contributed by atoms with Crippen LogP contribution in [0, 0.1) is 13.8 Å². The molecule has 1 aliphatic rings. The first-order valence-electron chi connectivity index (χ1n) is 6.40. The number of aryl methyl sites for hydroxylation is 2. The van der Waals surface area contributed by atoms with Crippen LogP contribution in [0.5, 0.6) is 0 Å². The van der Waals surface area contributed by atoms with Crippen molar-refractivity contribution in [3.63, 3.8) is 0 Å². The Hall–Kier alpha value is -1.35. The minimum atomic E-state index is 0.566. The molecule has 17 heavy (non-hydrogen) atoms. The Morgan fingerprint density at radius 2 is 2.12 bits per heavy atom. The molecule has 2 aromatic rings. The van der Waals surface area contributed by atoms with Crippen LogP contribution in [0.1, 0.15) is 30.0 Å². The van der Waals surface area contributed by atoms with Gasteiger partial charge in [-0.05, 0) is 56.5 Å². The van der Waals surface area contributed by atoms with Gasteiger partial charge in [-0.2, -0.15) is 0 Å². The van der Waals surface area contributed by atoms with E-state index in [4.69, 9.17) is 0 Å². The normalized spacial score (nSPS) is 20.9. The zero-order valence-electron chi connectivity index (χ0n) is 10.5. The van der Waals surface area contributed by atoms with E-state index < -0.39 is 0 Å². The Kier molecular flexibility index (Phi) is 2.63. The average molecular weight is 229 g/mol. The SMILES string of the molecule is Cc1cc2ncn(C3CCCNC3)c2cc1C. The second-order valence-electron chi connectivity index (χ2n) is 5.08. The summed E-state index contributed by atoms with van der Waals surface area (Å²) in [5.41, 5.74) is 5.08. The predicted molar refractivity (Wildman–Crippen MR) is 70.3 cm³/mol. The van der Waals surface area contributed by atoms with Crippen LogP contribution in [0.25, 0.3) is 11.0 Å². The van der Waals surface area contributed by atoms with E-state index in [1.54, 1.807) is 0 Å². The Labute approximate surface area is 102 Å². The monoisotopic (exact) mass is 229 g/mol. The molecule has 0 bridgehead atoms. The fraction of sp³-hybridized carbons (Fsp3) is 0.500. The fourth-order valence-electron chi connectivity index (χ4n) is 2.64. The minimum Gasteiger partial charge on any atom is -0.326 e. The third-order valence-corrected chi connectivity index (χ3v) is 3.85. The lowest BCUT2D eigenvalue weighted by atomic mass is 10.1. The summed E-state index contributed by atoms with van der Waals surface area (Å²) in [6.45, 7) is 6.54. The van der Waals surface area contributed by atoms with Crippen molar-refractivity contribution in [1.29, 1.82) is 0 Å². The number of aromatic nitrogens is 2. The highest BCUT2D eigenvalue weighted by Gasteiger charge is 2.17. The number of benzene rings is 1. The molecule has 1 saturated heterocycles. The maximum atomic E-state index is 4.53. The molecule has 0 radical (unpaired) electrons. The number of piperidine rings is 1. The highest BCUT2D eigenvalue weighted by Crippen LogP contribution is 2.24. The number of nitrogens with zero attached hydrogens (tertiary/aromatic N) is 2. The Morgan fingerprint density at radius 1 is 1.29 bits per heavy atom. The van der Waals surface area contributed by atoms with Gasteiger partial charge in [0.15, 0.2) is 0 Å². The molecule has 90 valence electrons. The standard InChI is InChI=1S/C14H19N3/c1-10-6-13-14(7-11(10)2)17(9-16-13)12-4-3-5-15-8-12/h6-7,9,12,15H,3-5,8H2,1-2H3. The van der Waals surface area contributed by atoms with Gasteiger partial charge < -0.3 is 9.88 Å². The summed E-state index contributed by atoms with van der Waals surface area (Å²) in [5.74, 6) is 0. The third kappa shape index (κ3) is 1.84. The molecule has 3 nitrogen and oxygen atoms in total. The quantitative estimate of drug-likeness (QED) is 0.814. The van der Waals surface area contributed by atoms with Crippen molar-refractivity contribution in [2.75, 3.05) is 13.1 Å². The van der Waals surface area contributed by atoms with Crippen LogP contribution in [-0.2, 0) is 0 Å². The summed E-state index contributed by atoms with van der Waals surface area (Å²) >= 11 is 0. The van der Waals surface area contributed by atoms with E-state index in [0.717, 1.165) is 18.6 Å². The van der Waals surface area contributed by atoms with Crippen LogP contribution >= 0.6 is 0 Å². The van der Waals surface area contributed by atoms with Crippen LogP contribution in [0.2, 0.25) is 0 Å². The van der Waals surface area contributed by atoms with Gasteiger partial charge >= 0.3 is 0 Å². The molecule has 1 unspecified atom stereocenters. The highest BCUT2D eigenvalue weighted by atomic mass is 15.1. The lowest BCUT2D eigenvalue weighted by Gasteiger charge is -2.24. The number of rotatable bonds is 1. The zero-order chi connectivity index (χ0) is 11.8. The molecule has 0 aliphatic carbocycles. The summed E-state index contributed by atoms with van der Waals surface area (Å²) in [6.07, 6.45) is 4.52. The predicted octanol–water partition coefficient (Wildman–Crippen LogP) is 2.58. The molecule has 3 rings (SSSR count). The van der Waals surface area contributed by atoms with Crippen LogP contribution in [-0.4, -0.2) is 22.6 Å². The molecule has 1 aromatic heterocycles. The Morgan fingerprint density at radius 3 is 2.88 bits per heavy atom. The number of hydrogen-bond acceptors (Lipinski definition) is 2. The van der Waals surface area contributed by atoms with Gasteiger partial charge in [-0.3, -0.25) is 0 Å². The van der Waals surface area contributed by atoms with Crippen LogP contribution in [0.15, 0.2) is 18.5 Å². The van der Waals surface area contributed by atoms with E-state index in [1.807, 2.05) is 6.33 Å². The topological polar surface area (TPSA) is 29.9 Å². The van der Waals surface area contributed by atoms with E-state index in [-0.39, 0.29) is 0 Å². The summed E-state index contributed by atoms with van der Waals surface area (Å²) in [4.78, 5) is 4.53. The molecule has 1 N–H and O–H groups in total. The van der Waals surface area contributed by atoms with Gasteiger partial charge in [-0.15, -0.1) is 0 Å². The third-order valence-electron chi connectivity index (χ3n) is 3.85. The van der Waals surface area contributed by atoms with Gasteiger partial charge in [0.1, 0.15) is 0 Å². The second-order valence-corrected chi connectivity index (χ2v) is 5.08. The van der Waals surface area contributed by atoms with Crippen molar-refractivity contribution in [1.82, 2.24) is 14.9 Å². The zero-order valence-corrected chi connectivity index (χ0v) is 10.5. The molecule has 0 amide bonds. The Bertz CT molecular complexity index is 536. The van der Waals surface area contributed by atoms with Crippen molar-refractivity contribution in [2.24, 2.45) is 0 Å². The second kappa shape index (κ2) is 4.15. The summed E-state index contributed by atoms with van der Waals surface area (Å²) in [7, 11) is 0. The van der Waals surface area contributed by atoms with E-state index in [1.165, 1.54) is 29.5 Å². The fourth-order valence-corrected chi connectivity index (χ4v) is 2.64. The summed E-state index contributed by atoms with van der Waals surface area (Å²) < 4.78 is 2.34. The summed E-state index contributed by atoms with van der Waals surface area (Å²) in [5, 5.41) is 3.47. The van der Waals surface area contributed by atoms with Gasteiger partial charge in [0, 0.05) is 12.6 Å². The van der Waals surface area contributed by atoms with Crippen molar-refractivity contribution in [3.05, 3.63) is 29.6 Å². The average Bonchev–Trinajstić information content (AvgIpc) is 2.74. The van der Waals surface area contributed by atoms with E-state index in [9.17, 15) is 0 Å². The first-order valence-corrected chi connectivity index (χ1v) is 6.40. The largest absolute Gasteiger partial charge is 0.326 e. The lowest BCUT2D eigenvalue weighted by Crippen LogP contribution is -2.31. The molecule has 0 saturated carbocycles. The number of hydrogen-bond donors (Lipinski definition) is 1. The molecular formula is C14H19N3. The van der Waals surface area contributed by atoms with Crippen molar-refractivity contribution in [3.8, 4) is 0 Å². The van der Waals surface area contributed by atoms with E-state index in [0.29, 0.717) is 6.04 Å². The maximum Gasteiger partial charge on any atom is 0.0961 e. The van der Waals surface area contributed by atoms with Gasteiger partial charge in [0.25, 0.3) is 0 Å². The van der Waals surface area contributed by atoms with Crippen molar-refractivity contribution in [2.45, 2.75) is 32.7 Å². The van der Waals surface area contributed by atoms with Crippen molar-refractivity contribution < 1.29 is 0 Å². The Balaban J connectivity index is 2.07. The number of imidazole rings is 1. The highest BCUT2D eigenvalue weighted by molar-refractivity contribution is 5.77. The summed E-state index contributed by atoms with van der Waals surface area (Å²) in [6, 6.07) is 5.03. The molecule has 0 spiro atoms. The molecule has 1 aliphatic heterocycles. The molecular weight excluding hydrogens is 210 g/mol. The molecule has 2 heterocycles. The smallest absolute Gasteiger partial charge is 0.0961 e. The maximum absolute atomic E-state index is 4.53. The van der Waals surface area contributed by atoms with Crippen LogP contribution < -0.4 is 5.32 Å². The van der Waals surface area contributed by atoms with E-state index >= 15 is 0 Å². The van der Waals surface area contributed by atoms with Gasteiger partial charge in [0.2, 0.25) is 0 Å². The van der Waals surface area contributed by atoms with E-state index in [2.05, 4.69) is 40.8 Å².